The highest BCUT2D eigenvalue weighted by Crippen LogP contribution is 2.19. The lowest BCUT2D eigenvalue weighted by atomic mass is 10.0. The molecule has 2 amide bonds. The van der Waals surface area contributed by atoms with Crippen LogP contribution in [0, 0.1) is 0 Å². The first-order chi connectivity index (χ1) is 13.2. The molecule has 0 bridgehead atoms. The smallest absolute Gasteiger partial charge is 0.251 e. The van der Waals surface area contributed by atoms with E-state index in [0.717, 1.165) is 16.0 Å². The number of likely N-dealkylation sites (N-methyl/N-ethyl adjacent to an activating group) is 1. The fourth-order valence-electron chi connectivity index (χ4n) is 2.78. The summed E-state index contributed by atoms with van der Waals surface area (Å²) < 4.78 is 0. The molecule has 1 heterocycles. The Balaban J connectivity index is 1.56. The number of nitrogens with zero attached hydrogens (tertiary/aromatic N) is 1. The molecule has 1 N–H and O–H groups in total. The van der Waals surface area contributed by atoms with Crippen molar-refractivity contribution in [2.75, 3.05) is 13.1 Å². The van der Waals surface area contributed by atoms with Crippen LogP contribution in [-0.4, -0.2) is 29.8 Å². The second-order valence-corrected chi connectivity index (χ2v) is 7.15. The van der Waals surface area contributed by atoms with Crippen LogP contribution in [-0.2, 0) is 11.3 Å². The van der Waals surface area contributed by atoms with E-state index in [1.165, 1.54) is 0 Å². The molecule has 2 aromatic carbocycles. The molecular weight excluding hydrogens is 356 g/mol. The maximum atomic E-state index is 12.4. The summed E-state index contributed by atoms with van der Waals surface area (Å²) in [5, 5.41) is 4.72. The Labute approximate surface area is 163 Å². The lowest BCUT2D eigenvalue weighted by molar-refractivity contribution is -0.130. The van der Waals surface area contributed by atoms with Crippen molar-refractivity contribution in [3.63, 3.8) is 0 Å². The van der Waals surface area contributed by atoms with Crippen LogP contribution in [0.15, 0.2) is 72.1 Å². The molecule has 0 atom stereocenters. The first-order valence-electron chi connectivity index (χ1n) is 8.91. The van der Waals surface area contributed by atoms with Crippen LogP contribution in [0.25, 0.3) is 11.1 Å². The van der Waals surface area contributed by atoms with Gasteiger partial charge in [0.2, 0.25) is 5.91 Å². The maximum absolute atomic E-state index is 12.4. The summed E-state index contributed by atoms with van der Waals surface area (Å²) in [6, 6.07) is 21.4. The van der Waals surface area contributed by atoms with Crippen molar-refractivity contribution in [1.29, 1.82) is 0 Å². The molecule has 3 aromatic rings. The van der Waals surface area contributed by atoms with Crippen LogP contribution in [0.3, 0.4) is 0 Å². The Morgan fingerprint density at radius 2 is 1.63 bits per heavy atom. The number of carbonyl (C=O) groups is 2. The molecule has 138 valence electrons. The van der Waals surface area contributed by atoms with Gasteiger partial charge in [-0.15, -0.1) is 11.3 Å². The van der Waals surface area contributed by atoms with Crippen LogP contribution >= 0.6 is 11.3 Å². The average molecular weight is 378 g/mol. The largest absolute Gasteiger partial charge is 0.343 e. The number of amides is 2. The van der Waals surface area contributed by atoms with E-state index in [4.69, 9.17) is 0 Å². The predicted molar refractivity (Wildman–Crippen MR) is 110 cm³/mol. The van der Waals surface area contributed by atoms with E-state index in [1.807, 2.05) is 66.9 Å². The molecular formula is C22H22N2O2S. The van der Waals surface area contributed by atoms with Crippen LogP contribution in [0.1, 0.15) is 22.2 Å². The number of carbonyl (C=O) groups excluding carboxylic acids is 2. The standard InChI is InChI=1S/C22H22N2O2S/c1-2-24(16-20-9-6-14-27-20)21(25)15-23-22(26)19-12-10-18(11-13-19)17-7-4-3-5-8-17/h3-14H,2,15-16H2,1H3,(H,23,26). The van der Waals surface area contributed by atoms with E-state index in [-0.39, 0.29) is 18.4 Å². The SMILES string of the molecule is CCN(Cc1cccs1)C(=O)CNC(=O)c1ccc(-c2ccccc2)cc1. The lowest BCUT2D eigenvalue weighted by Gasteiger charge is -2.20. The van der Waals surface area contributed by atoms with Gasteiger partial charge in [0.15, 0.2) is 0 Å². The summed E-state index contributed by atoms with van der Waals surface area (Å²) in [5.41, 5.74) is 2.70. The Hall–Kier alpha value is -2.92. The normalized spacial score (nSPS) is 10.4. The van der Waals surface area contributed by atoms with Gasteiger partial charge in [-0.2, -0.15) is 0 Å². The summed E-state index contributed by atoms with van der Waals surface area (Å²) in [7, 11) is 0. The molecule has 0 aliphatic rings. The van der Waals surface area contributed by atoms with Gasteiger partial charge in [-0.25, -0.2) is 0 Å². The highest BCUT2D eigenvalue weighted by Gasteiger charge is 2.14. The third kappa shape index (κ3) is 5.05. The van der Waals surface area contributed by atoms with Gasteiger partial charge in [0.1, 0.15) is 0 Å². The molecule has 0 radical (unpaired) electrons. The Kier molecular flexibility index (Phi) is 6.39. The second kappa shape index (κ2) is 9.14. The summed E-state index contributed by atoms with van der Waals surface area (Å²) >= 11 is 1.62. The molecule has 3 rings (SSSR count). The fraction of sp³-hybridized carbons (Fsp3) is 0.182. The van der Waals surface area contributed by atoms with E-state index >= 15 is 0 Å². The van der Waals surface area contributed by atoms with Gasteiger partial charge in [-0.05, 0) is 41.6 Å². The first kappa shape index (κ1) is 18.9. The predicted octanol–water partition coefficient (Wildman–Crippen LogP) is 4.19. The Bertz CT molecular complexity index is 874. The number of thiophene rings is 1. The van der Waals surface area contributed by atoms with Crippen molar-refractivity contribution in [2.45, 2.75) is 13.5 Å². The van der Waals surface area contributed by atoms with Gasteiger partial charge in [0, 0.05) is 17.0 Å². The number of hydrogen-bond acceptors (Lipinski definition) is 3. The Morgan fingerprint density at radius 1 is 0.926 bits per heavy atom. The van der Waals surface area contributed by atoms with Crippen LogP contribution in [0.2, 0.25) is 0 Å². The highest BCUT2D eigenvalue weighted by molar-refractivity contribution is 7.09. The molecule has 0 unspecified atom stereocenters. The van der Waals surface area contributed by atoms with E-state index in [9.17, 15) is 9.59 Å². The molecule has 5 heteroatoms. The number of rotatable bonds is 7. The molecule has 0 saturated carbocycles. The zero-order chi connectivity index (χ0) is 19.1. The molecule has 0 fully saturated rings. The van der Waals surface area contributed by atoms with Crippen molar-refractivity contribution in [2.24, 2.45) is 0 Å². The van der Waals surface area contributed by atoms with Crippen LogP contribution < -0.4 is 5.32 Å². The third-order valence-corrected chi connectivity index (χ3v) is 5.18. The number of benzene rings is 2. The van der Waals surface area contributed by atoms with Crippen molar-refractivity contribution < 1.29 is 9.59 Å². The van der Waals surface area contributed by atoms with Gasteiger partial charge in [0.05, 0.1) is 13.1 Å². The molecule has 0 aliphatic heterocycles. The van der Waals surface area contributed by atoms with Gasteiger partial charge >= 0.3 is 0 Å². The monoisotopic (exact) mass is 378 g/mol. The molecule has 1 aromatic heterocycles. The summed E-state index contributed by atoms with van der Waals surface area (Å²) in [4.78, 5) is 27.6. The molecule has 4 nitrogen and oxygen atoms in total. The van der Waals surface area contributed by atoms with Crippen LogP contribution in [0.5, 0.6) is 0 Å². The molecule has 0 aliphatic carbocycles. The quantitative estimate of drug-likeness (QED) is 0.670. The average Bonchev–Trinajstić information content (AvgIpc) is 3.24. The van der Waals surface area contributed by atoms with Crippen molar-refractivity contribution in [1.82, 2.24) is 10.2 Å². The highest BCUT2D eigenvalue weighted by atomic mass is 32.1. The summed E-state index contributed by atoms with van der Waals surface area (Å²) in [6.07, 6.45) is 0. The third-order valence-electron chi connectivity index (χ3n) is 4.32. The fourth-order valence-corrected chi connectivity index (χ4v) is 3.50. The van der Waals surface area contributed by atoms with Crippen molar-refractivity contribution >= 4 is 23.2 Å². The minimum atomic E-state index is -0.241. The first-order valence-corrected chi connectivity index (χ1v) is 9.79. The van der Waals surface area contributed by atoms with Gasteiger partial charge in [-0.3, -0.25) is 9.59 Å². The molecule has 0 spiro atoms. The second-order valence-electron chi connectivity index (χ2n) is 6.11. The Morgan fingerprint density at radius 3 is 2.26 bits per heavy atom. The number of nitrogens with one attached hydrogen (secondary N) is 1. The minimum absolute atomic E-state index is 0.00150. The van der Waals surface area contributed by atoms with Crippen LogP contribution in [0.4, 0.5) is 0 Å². The molecule has 27 heavy (non-hydrogen) atoms. The maximum Gasteiger partial charge on any atom is 0.251 e. The summed E-state index contributed by atoms with van der Waals surface area (Å²) in [5.74, 6) is -0.324. The zero-order valence-electron chi connectivity index (χ0n) is 15.2. The zero-order valence-corrected chi connectivity index (χ0v) is 16.0. The van der Waals surface area contributed by atoms with Gasteiger partial charge in [0.25, 0.3) is 5.91 Å². The van der Waals surface area contributed by atoms with Crippen molar-refractivity contribution in [3.8, 4) is 11.1 Å². The van der Waals surface area contributed by atoms with E-state index < -0.39 is 0 Å². The minimum Gasteiger partial charge on any atom is -0.343 e. The van der Waals surface area contributed by atoms with Gasteiger partial charge < -0.3 is 10.2 Å². The lowest BCUT2D eigenvalue weighted by Crippen LogP contribution is -2.39. The van der Waals surface area contributed by atoms with E-state index in [0.29, 0.717) is 18.7 Å². The molecule has 0 saturated heterocycles. The summed E-state index contributed by atoms with van der Waals surface area (Å²) in [6.45, 7) is 3.13. The topological polar surface area (TPSA) is 49.4 Å². The van der Waals surface area contributed by atoms with Crippen molar-refractivity contribution in [3.05, 3.63) is 82.6 Å². The van der Waals surface area contributed by atoms with Gasteiger partial charge in [-0.1, -0.05) is 48.5 Å². The van der Waals surface area contributed by atoms with E-state index in [1.54, 1.807) is 28.4 Å². The number of hydrogen-bond donors (Lipinski definition) is 1. The van der Waals surface area contributed by atoms with E-state index in [2.05, 4.69) is 5.32 Å².